The lowest BCUT2D eigenvalue weighted by Gasteiger charge is -2.37. The molecular weight excluding hydrogens is 656 g/mol. The Bertz CT molecular complexity index is 1160. The van der Waals surface area contributed by atoms with E-state index in [1.165, 1.54) is 33.0 Å². The van der Waals surface area contributed by atoms with E-state index in [2.05, 4.69) is 5.32 Å². The maximum atomic E-state index is 13.7. The molecule has 0 aliphatic carbocycles. The molecule has 0 aliphatic heterocycles. The second-order valence-corrected chi connectivity index (χ2v) is 10.2. The number of benzene rings is 1. The summed E-state index contributed by atoms with van der Waals surface area (Å²) in [5.41, 5.74) is -1.42. The van der Waals surface area contributed by atoms with E-state index in [4.69, 9.17) is 5.26 Å². The maximum Gasteiger partial charge on any atom is 0.452 e. The summed E-state index contributed by atoms with van der Waals surface area (Å²) in [6, 6.07) is 3.06. The number of nitrogens with one attached hydrogen (secondary N) is 1. The zero-order chi connectivity index (χ0) is 37.1. The molecule has 46 heavy (non-hydrogen) atoms. The van der Waals surface area contributed by atoms with Crippen LogP contribution < -0.4 is 10.2 Å². The highest BCUT2D eigenvalue weighted by Crippen LogP contribution is 2.37. The molecule has 0 saturated carbocycles. The van der Waals surface area contributed by atoms with Gasteiger partial charge in [0.2, 0.25) is 12.8 Å². The molecular formula is C27H34F12N4O3. The number of amides is 3. The molecule has 7 nitrogen and oxygen atoms in total. The van der Waals surface area contributed by atoms with Crippen LogP contribution in [0.1, 0.15) is 59.1 Å². The Kier molecular flexibility index (Phi) is 16.7. The van der Waals surface area contributed by atoms with Crippen LogP contribution >= 0.6 is 0 Å². The molecule has 19 heteroatoms. The van der Waals surface area contributed by atoms with Gasteiger partial charge in [-0.1, -0.05) is 20.3 Å². The number of nitriles is 1. The third-order valence-electron chi connectivity index (χ3n) is 6.32. The van der Waals surface area contributed by atoms with E-state index in [-0.39, 0.29) is 32.0 Å². The van der Waals surface area contributed by atoms with Gasteiger partial charge in [-0.2, -0.15) is 57.9 Å². The molecule has 0 aliphatic rings. The molecule has 1 N–H and O–H groups in total. The summed E-state index contributed by atoms with van der Waals surface area (Å²) < 4.78 is 146. The van der Waals surface area contributed by atoms with Crippen molar-refractivity contribution in [2.24, 2.45) is 5.92 Å². The Morgan fingerprint density at radius 1 is 0.935 bits per heavy atom. The summed E-state index contributed by atoms with van der Waals surface area (Å²) in [5.74, 6) is -15.9. The molecule has 0 aromatic heterocycles. The van der Waals surface area contributed by atoms with Crippen LogP contribution in [0.25, 0.3) is 0 Å². The van der Waals surface area contributed by atoms with Crippen molar-refractivity contribution in [2.75, 3.05) is 18.5 Å². The topological polar surface area (TPSA) is 93.5 Å². The number of rotatable bonds is 11. The molecule has 0 fully saturated rings. The third-order valence-corrected chi connectivity index (χ3v) is 6.32. The molecule has 0 radical (unpaired) electrons. The van der Waals surface area contributed by atoms with E-state index in [9.17, 15) is 67.1 Å². The van der Waals surface area contributed by atoms with Gasteiger partial charge in [0.15, 0.2) is 0 Å². The lowest BCUT2D eigenvalue weighted by atomic mass is 10.0. The number of carbonyl (C=O) groups is 3. The predicted octanol–water partition coefficient (Wildman–Crippen LogP) is 7.05. The molecule has 3 amide bonds. The normalized spacial score (nSPS) is 14.1. The van der Waals surface area contributed by atoms with Crippen molar-refractivity contribution in [3.05, 3.63) is 29.3 Å². The van der Waals surface area contributed by atoms with Gasteiger partial charge in [-0.15, -0.1) is 0 Å². The first-order valence-electron chi connectivity index (χ1n) is 13.0. The van der Waals surface area contributed by atoms with E-state index >= 15 is 0 Å². The number of hydrogen-bond donors (Lipinski definition) is 1. The minimum atomic E-state index is -5.40. The summed E-state index contributed by atoms with van der Waals surface area (Å²) in [7, 11) is 1.33. The van der Waals surface area contributed by atoms with Crippen LogP contribution in [0.4, 0.5) is 58.4 Å². The second kappa shape index (κ2) is 17.3. The molecule has 264 valence electrons. The fourth-order valence-corrected chi connectivity index (χ4v) is 2.93. The highest BCUT2D eigenvalue weighted by molar-refractivity contribution is 5.85. The highest BCUT2D eigenvalue weighted by atomic mass is 19.4. The van der Waals surface area contributed by atoms with Crippen LogP contribution in [-0.4, -0.2) is 73.2 Å². The Morgan fingerprint density at radius 3 is 1.74 bits per heavy atom. The smallest absolute Gasteiger partial charge is 0.354 e. The lowest BCUT2D eigenvalue weighted by Crippen LogP contribution is -2.59. The van der Waals surface area contributed by atoms with Gasteiger partial charge in [0, 0.05) is 45.2 Å². The highest BCUT2D eigenvalue weighted by Gasteiger charge is 2.60. The van der Waals surface area contributed by atoms with E-state index in [0.29, 0.717) is 19.2 Å². The van der Waals surface area contributed by atoms with E-state index in [1.54, 1.807) is 13.8 Å². The van der Waals surface area contributed by atoms with E-state index in [0.717, 1.165) is 21.9 Å². The van der Waals surface area contributed by atoms with Crippen LogP contribution in [0, 0.1) is 17.2 Å². The average molecular weight is 691 g/mol. The van der Waals surface area contributed by atoms with Crippen molar-refractivity contribution in [1.82, 2.24) is 10.2 Å². The van der Waals surface area contributed by atoms with Gasteiger partial charge in [0.1, 0.15) is 0 Å². The predicted molar refractivity (Wildman–Crippen MR) is 142 cm³/mol. The number of hydrogen-bond acceptors (Lipinski definition) is 4. The van der Waals surface area contributed by atoms with Gasteiger partial charge in [-0.25, -0.2) is 0 Å². The largest absolute Gasteiger partial charge is 0.452 e. The van der Waals surface area contributed by atoms with Crippen LogP contribution in [0.15, 0.2) is 18.2 Å². The quantitative estimate of drug-likeness (QED) is 0.199. The number of nitrogens with zero attached hydrogens (tertiary/aromatic N) is 3. The van der Waals surface area contributed by atoms with Crippen LogP contribution in [0.2, 0.25) is 0 Å². The summed E-state index contributed by atoms with van der Waals surface area (Å²) in [6.45, 7) is 6.22. The fourth-order valence-electron chi connectivity index (χ4n) is 2.93. The Morgan fingerprint density at radius 2 is 1.41 bits per heavy atom. The van der Waals surface area contributed by atoms with E-state index in [1.807, 2.05) is 0 Å². The fraction of sp³-hybridized carbons (Fsp3) is 0.630. The SMILES string of the molecule is CC(F)(F)C(F)(F)F.CCC(C)CN(C(=O)C(F)(F)C(C)(F)F)C(C)[C@H](C)NC=O.CN(C=O)c1ccc(C#N)c(C(F)(F)F)c1. The van der Waals surface area contributed by atoms with Crippen LogP contribution in [-0.2, 0) is 20.6 Å². The molecule has 1 aromatic carbocycles. The van der Waals surface area contributed by atoms with Gasteiger partial charge in [-0.05, 0) is 38.0 Å². The van der Waals surface area contributed by atoms with E-state index < -0.39 is 59.2 Å². The van der Waals surface area contributed by atoms with Crippen molar-refractivity contribution in [2.45, 2.75) is 90.2 Å². The number of halogens is 12. The minimum Gasteiger partial charge on any atom is -0.354 e. The Balaban J connectivity index is 0. The van der Waals surface area contributed by atoms with Crippen LogP contribution in [0.5, 0.6) is 0 Å². The zero-order valence-electron chi connectivity index (χ0n) is 25.6. The first-order chi connectivity index (χ1) is 20.5. The third kappa shape index (κ3) is 13.3. The monoisotopic (exact) mass is 690 g/mol. The molecule has 1 aromatic rings. The number of carbonyl (C=O) groups excluding carboxylic acids is 3. The molecule has 0 heterocycles. The van der Waals surface area contributed by atoms with Crippen molar-refractivity contribution in [3.63, 3.8) is 0 Å². The molecule has 3 atom stereocenters. The average Bonchev–Trinajstić information content (AvgIpc) is 2.92. The molecule has 0 spiro atoms. The van der Waals surface area contributed by atoms with Crippen LogP contribution in [0.3, 0.4) is 0 Å². The first-order valence-corrected chi connectivity index (χ1v) is 13.0. The number of alkyl halides is 12. The van der Waals surface area contributed by atoms with Gasteiger partial charge in [-0.3, -0.25) is 14.4 Å². The summed E-state index contributed by atoms with van der Waals surface area (Å²) >= 11 is 0. The molecule has 1 rings (SSSR count). The summed E-state index contributed by atoms with van der Waals surface area (Å²) in [5, 5.41) is 10.9. The van der Waals surface area contributed by atoms with Gasteiger partial charge in [0.05, 0.1) is 17.2 Å². The first kappa shape index (κ1) is 44.4. The Hall–Kier alpha value is -3.72. The molecule has 0 bridgehead atoms. The Labute approximate surface area is 257 Å². The van der Waals surface area contributed by atoms with Gasteiger partial charge >= 0.3 is 30.1 Å². The second-order valence-electron chi connectivity index (χ2n) is 10.2. The molecule has 2 unspecified atom stereocenters. The maximum absolute atomic E-state index is 13.7. The summed E-state index contributed by atoms with van der Waals surface area (Å²) in [4.78, 5) is 34.6. The van der Waals surface area contributed by atoms with Crippen molar-refractivity contribution >= 4 is 24.4 Å². The van der Waals surface area contributed by atoms with Crippen molar-refractivity contribution in [1.29, 1.82) is 5.26 Å². The number of anilines is 1. The van der Waals surface area contributed by atoms with Gasteiger partial charge < -0.3 is 15.1 Å². The minimum absolute atomic E-state index is 0.0180. The van der Waals surface area contributed by atoms with Crippen molar-refractivity contribution in [3.8, 4) is 6.07 Å². The van der Waals surface area contributed by atoms with Gasteiger partial charge in [0.25, 0.3) is 5.91 Å². The lowest BCUT2D eigenvalue weighted by molar-refractivity contribution is -0.273. The summed E-state index contributed by atoms with van der Waals surface area (Å²) in [6.07, 6.45) is -8.64. The standard InChI is InChI=1S/C14H24F4N2O2.C10H7F3N2O.C3H3F5/c1-6-9(2)7-20(11(4)10(3)19-8-21)12(22)14(17,18)13(5,15)16;1-15(6-16)8-3-2-7(5-14)9(4-8)10(11,12)13;1-2(4,5)3(6,7)8/h8-11H,6-7H2,1-5H3,(H,19,21);2-4,6H,1H3;1H3/t9?,10-,11?;;/m0../s1. The molecule has 0 saturated heterocycles. The zero-order valence-corrected chi connectivity index (χ0v) is 25.6. The van der Waals surface area contributed by atoms with Crippen molar-refractivity contribution < 1.29 is 67.1 Å².